The van der Waals surface area contributed by atoms with Crippen molar-refractivity contribution in [2.45, 2.75) is 20.4 Å². The number of hydrogen-bond donors (Lipinski definition) is 2. The molecule has 0 saturated heterocycles. The fourth-order valence-corrected chi connectivity index (χ4v) is 1.82. The van der Waals surface area contributed by atoms with E-state index >= 15 is 0 Å². The molecular formula is C13H14ClN3O2. The predicted molar refractivity (Wildman–Crippen MR) is 74.3 cm³/mol. The average molecular weight is 280 g/mol. The minimum atomic E-state index is -0.150. The Labute approximate surface area is 115 Å². The topological polar surface area (TPSA) is 67.2 Å². The molecular weight excluding hydrogens is 266 g/mol. The van der Waals surface area contributed by atoms with E-state index in [0.29, 0.717) is 17.3 Å². The third kappa shape index (κ3) is 3.72. The molecule has 0 bridgehead atoms. The molecule has 2 aromatic rings. The van der Waals surface area contributed by atoms with E-state index in [1.165, 1.54) is 6.92 Å². The molecule has 0 aliphatic carbocycles. The molecule has 0 unspecified atom stereocenters. The van der Waals surface area contributed by atoms with E-state index in [0.717, 1.165) is 17.1 Å². The Morgan fingerprint density at radius 2 is 2.16 bits per heavy atom. The van der Waals surface area contributed by atoms with E-state index in [4.69, 9.17) is 16.1 Å². The monoisotopic (exact) mass is 279 g/mol. The third-order valence-electron chi connectivity index (χ3n) is 2.43. The highest BCUT2D eigenvalue weighted by Gasteiger charge is 2.06. The van der Waals surface area contributed by atoms with Gasteiger partial charge in [0.1, 0.15) is 11.5 Å². The average Bonchev–Trinajstić information content (AvgIpc) is 2.73. The van der Waals surface area contributed by atoms with Crippen LogP contribution < -0.4 is 10.6 Å². The van der Waals surface area contributed by atoms with Gasteiger partial charge in [-0.3, -0.25) is 4.79 Å². The SMILES string of the molecule is CC(=O)Nc1cc(Cl)ccc1NCc1cc(C)on1. The van der Waals surface area contributed by atoms with Crippen LogP contribution in [0.4, 0.5) is 11.4 Å². The number of carbonyl (C=O) groups is 1. The molecule has 0 aliphatic rings. The number of aryl methyl sites for hydroxylation is 1. The summed E-state index contributed by atoms with van der Waals surface area (Å²) in [5, 5.41) is 10.4. The van der Waals surface area contributed by atoms with Crippen molar-refractivity contribution in [3.8, 4) is 0 Å². The van der Waals surface area contributed by atoms with Gasteiger partial charge in [-0.2, -0.15) is 0 Å². The normalized spacial score (nSPS) is 10.3. The zero-order valence-corrected chi connectivity index (χ0v) is 11.4. The summed E-state index contributed by atoms with van der Waals surface area (Å²) in [7, 11) is 0. The largest absolute Gasteiger partial charge is 0.378 e. The summed E-state index contributed by atoms with van der Waals surface area (Å²) in [6.45, 7) is 3.79. The Morgan fingerprint density at radius 3 is 2.79 bits per heavy atom. The summed E-state index contributed by atoms with van der Waals surface area (Å²) in [4.78, 5) is 11.1. The molecule has 5 nitrogen and oxygen atoms in total. The van der Waals surface area contributed by atoms with Crippen LogP contribution in [-0.2, 0) is 11.3 Å². The summed E-state index contributed by atoms with van der Waals surface area (Å²) >= 11 is 5.91. The highest BCUT2D eigenvalue weighted by molar-refractivity contribution is 6.31. The number of hydrogen-bond acceptors (Lipinski definition) is 4. The van der Waals surface area contributed by atoms with Crippen LogP contribution in [0, 0.1) is 6.92 Å². The molecule has 1 aromatic carbocycles. The molecule has 100 valence electrons. The minimum Gasteiger partial charge on any atom is -0.378 e. The number of nitrogens with zero attached hydrogens (tertiary/aromatic N) is 1. The quantitative estimate of drug-likeness (QED) is 0.902. The van der Waals surface area contributed by atoms with Crippen molar-refractivity contribution < 1.29 is 9.32 Å². The van der Waals surface area contributed by atoms with Gasteiger partial charge in [0.25, 0.3) is 0 Å². The molecule has 6 heteroatoms. The molecule has 0 fully saturated rings. The minimum absolute atomic E-state index is 0.150. The van der Waals surface area contributed by atoms with Crippen molar-refractivity contribution in [3.05, 3.63) is 40.7 Å². The maximum Gasteiger partial charge on any atom is 0.221 e. The van der Waals surface area contributed by atoms with Gasteiger partial charge in [0, 0.05) is 18.0 Å². The van der Waals surface area contributed by atoms with Crippen LogP contribution in [0.3, 0.4) is 0 Å². The third-order valence-corrected chi connectivity index (χ3v) is 2.66. The number of benzene rings is 1. The number of carbonyl (C=O) groups excluding carboxylic acids is 1. The highest BCUT2D eigenvalue weighted by atomic mass is 35.5. The lowest BCUT2D eigenvalue weighted by Crippen LogP contribution is -2.09. The summed E-state index contributed by atoms with van der Waals surface area (Å²) in [5.74, 6) is 0.609. The molecule has 0 atom stereocenters. The lowest BCUT2D eigenvalue weighted by atomic mass is 10.2. The summed E-state index contributed by atoms with van der Waals surface area (Å²) in [5.41, 5.74) is 2.21. The van der Waals surface area contributed by atoms with Gasteiger partial charge in [0.2, 0.25) is 5.91 Å². The molecule has 19 heavy (non-hydrogen) atoms. The van der Waals surface area contributed by atoms with Crippen LogP contribution in [0.1, 0.15) is 18.4 Å². The number of aromatic nitrogens is 1. The first-order valence-corrected chi connectivity index (χ1v) is 6.15. The Morgan fingerprint density at radius 1 is 1.37 bits per heavy atom. The van der Waals surface area contributed by atoms with Gasteiger partial charge < -0.3 is 15.2 Å². The molecule has 2 rings (SSSR count). The summed E-state index contributed by atoms with van der Waals surface area (Å²) in [6, 6.07) is 7.10. The fourth-order valence-electron chi connectivity index (χ4n) is 1.65. The molecule has 0 radical (unpaired) electrons. The Balaban J connectivity index is 2.12. The molecule has 2 N–H and O–H groups in total. The van der Waals surface area contributed by atoms with Crippen LogP contribution in [0.25, 0.3) is 0 Å². The van der Waals surface area contributed by atoms with Gasteiger partial charge in [-0.25, -0.2) is 0 Å². The van der Waals surface area contributed by atoms with Crippen LogP contribution in [0.2, 0.25) is 5.02 Å². The van der Waals surface area contributed by atoms with Gasteiger partial charge >= 0.3 is 0 Å². The zero-order chi connectivity index (χ0) is 13.8. The van der Waals surface area contributed by atoms with Crippen molar-refractivity contribution in [1.29, 1.82) is 0 Å². The Bertz CT molecular complexity index is 595. The van der Waals surface area contributed by atoms with E-state index in [2.05, 4.69) is 15.8 Å². The van der Waals surface area contributed by atoms with Gasteiger partial charge in [-0.15, -0.1) is 0 Å². The second kappa shape index (κ2) is 5.75. The van der Waals surface area contributed by atoms with Gasteiger partial charge in [0.15, 0.2) is 0 Å². The van der Waals surface area contributed by atoms with Crippen molar-refractivity contribution in [1.82, 2.24) is 5.16 Å². The first-order valence-electron chi connectivity index (χ1n) is 5.78. The maximum absolute atomic E-state index is 11.1. The van der Waals surface area contributed by atoms with Crippen molar-refractivity contribution >= 4 is 28.9 Å². The number of halogens is 1. The van der Waals surface area contributed by atoms with Gasteiger partial charge in [-0.05, 0) is 25.1 Å². The number of nitrogens with one attached hydrogen (secondary N) is 2. The van der Waals surface area contributed by atoms with Crippen LogP contribution in [0.5, 0.6) is 0 Å². The molecule has 1 heterocycles. The maximum atomic E-state index is 11.1. The zero-order valence-electron chi connectivity index (χ0n) is 10.7. The molecule has 0 spiro atoms. The van der Waals surface area contributed by atoms with E-state index in [1.807, 2.05) is 13.0 Å². The molecule has 0 aliphatic heterocycles. The van der Waals surface area contributed by atoms with E-state index in [9.17, 15) is 4.79 Å². The van der Waals surface area contributed by atoms with Gasteiger partial charge in [-0.1, -0.05) is 16.8 Å². The predicted octanol–water partition coefficient (Wildman–Crippen LogP) is 3.21. The summed E-state index contributed by atoms with van der Waals surface area (Å²) < 4.78 is 4.99. The first-order chi connectivity index (χ1) is 9.04. The molecule has 1 aromatic heterocycles. The van der Waals surface area contributed by atoms with Crippen LogP contribution in [-0.4, -0.2) is 11.1 Å². The first kappa shape index (κ1) is 13.4. The van der Waals surface area contributed by atoms with Gasteiger partial charge in [0.05, 0.1) is 17.9 Å². The van der Waals surface area contributed by atoms with Crippen molar-refractivity contribution in [2.24, 2.45) is 0 Å². The second-order valence-electron chi connectivity index (χ2n) is 4.15. The second-order valence-corrected chi connectivity index (χ2v) is 4.59. The van der Waals surface area contributed by atoms with Crippen molar-refractivity contribution in [2.75, 3.05) is 10.6 Å². The Kier molecular flexibility index (Phi) is 4.06. The summed E-state index contributed by atoms with van der Waals surface area (Å²) in [6.07, 6.45) is 0. The number of rotatable bonds is 4. The fraction of sp³-hybridized carbons (Fsp3) is 0.231. The lowest BCUT2D eigenvalue weighted by Gasteiger charge is -2.11. The Hall–Kier alpha value is -2.01. The lowest BCUT2D eigenvalue weighted by molar-refractivity contribution is -0.114. The smallest absolute Gasteiger partial charge is 0.221 e. The number of anilines is 2. The van der Waals surface area contributed by atoms with E-state index in [-0.39, 0.29) is 5.91 Å². The number of amides is 1. The van der Waals surface area contributed by atoms with E-state index < -0.39 is 0 Å². The van der Waals surface area contributed by atoms with Crippen molar-refractivity contribution in [3.63, 3.8) is 0 Å². The van der Waals surface area contributed by atoms with Crippen LogP contribution in [0.15, 0.2) is 28.8 Å². The molecule has 1 amide bonds. The highest BCUT2D eigenvalue weighted by Crippen LogP contribution is 2.26. The van der Waals surface area contributed by atoms with E-state index in [1.54, 1.807) is 18.2 Å². The molecule has 0 saturated carbocycles. The van der Waals surface area contributed by atoms with Crippen LogP contribution >= 0.6 is 11.6 Å². The standard InChI is InChI=1S/C13H14ClN3O2/c1-8-5-11(17-19-8)7-15-12-4-3-10(14)6-13(12)16-9(2)18/h3-6,15H,7H2,1-2H3,(H,16,18).